The second kappa shape index (κ2) is 5.61. The number of benzene rings is 1. The maximum absolute atomic E-state index is 6.33. The van der Waals surface area contributed by atoms with E-state index < -0.39 is 0 Å². The van der Waals surface area contributed by atoms with Crippen LogP contribution in [0.5, 0.6) is 0 Å². The molecule has 2 rings (SSSR count). The van der Waals surface area contributed by atoms with Crippen molar-refractivity contribution in [3.63, 3.8) is 0 Å². The van der Waals surface area contributed by atoms with Gasteiger partial charge in [-0.3, -0.25) is 4.90 Å². The molecule has 1 aromatic rings. The Bertz CT molecular complexity index is 408. The van der Waals surface area contributed by atoms with E-state index in [1.807, 2.05) is 0 Å². The Hall–Kier alpha value is -0.900. The number of nitrogens with two attached hydrogens (primary N) is 1. The van der Waals surface area contributed by atoms with Crippen LogP contribution in [0.3, 0.4) is 0 Å². The second-order valence-electron chi connectivity index (χ2n) is 6.44. The Kier molecular flexibility index (Phi) is 4.29. The molecular formula is C16H26N2O. The molecule has 2 N–H and O–H groups in total. The molecule has 2 unspecified atom stereocenters. The first-order valence-electron chi connectivity index (χ1n) is 7.03. The molecule has 1 saturated heterocycles. The smallest absolute Gasteiger partial charge is 0.0713 e. The van der Waals surface area contributed by atoms with E-state index in [1.54, 1.807) is 7.11 Å². The van der Waals surface area contributed by atoms with Gasteiger partial charge in [-0.25, -0.2) is 0 Å². The van der Waals surface area contributed by atoms with Crippen molar-refractivity contribution in [1.29, 1.82) is 0 Å². The average Bonchev–Trinajstić information content (AvgIpc) is 2.72. The molecule has 0 bridgehead atoms. The van der Waals surface area contributed by atoms with Crippen LogP contribution >= 0.6 is 0 Å². The van der Waals surface area contributed by atoms with Crippen LogP contribution in [0.15, 0.2) is 24.3 Å². The van der Waals surface area contributed by atoms with E-state index in [4.69, 9.17) is 10.5 Å². The monoisotopic (exact) mass is 262 g/mol. The minimum atomic E-state index is 0.157. The molecule has 0 aromatic heterocycles. The molecule has 0 saturated carbocycles. The summed E-state index contributed by atoms with van der Waals surface area (Å²) in [6.07, 6.45) is 1.07. The third kappa shape index (κ3) is 3.16. The van der Waals surface area contributed by atoms with Gasteiger partial charge < -0.3 is 10.5 Å². The van der Waals surface area contributed by atoms with Gasteiger partial charge in [0.25, 0.3) is 0 Å². The lowest BCUT2D eigenvalue weighted by atomic mass is 9.96. The van der Waals surface area contributed by atoms with Gasteiger partial charge in [0.15, 0.2) is 0 Å². The highest BCUT2D eigenvalue weighted by molar-refractivity contribution is 5.27. The van der Waals surface area contributed by atoms with Gasteiger partial charge in [0, 0.05) is 25.2 Å². The number of rotatable bonds is 3. The van der Waals surface area contributed by atoms with Crippen molar-refractivity contribution in [2.45, 2.75) is 51.4 Å². The van der Waals surface area contributed by atoms with E-state index in [1.165, 1.54) is 11.1 Å². The number of hydrogen-bond donors (Lipinski definition) is 1. The van der Waals surface area contributed by atoms with Crippen LogP contribution < -0.4 is 5.73 Å². The fraction of sp³-hybridized carbons (Fsp3) is 0.625. The predicted octanol–water partition coefficient (Wildman–Crippen LogP) is 2.71. The molecule has 1 aromatic carbocycles. The summed E-state index contributed by atoms with van der Waals surface area (Å²) in [5.74, 6) is 0. The SMILES string of the molecule is COCc1ccc(C2C(N)CCN2C(C)(C)C)cc1. The van der Waals surface area contributed by atoms with E-state index in [9.17, 15) is 0 Å². The Labute approximate surface area is 116 Å². The Balaban J connectivity index is 2.22. The summed E-state index contributed by atoms with van der Waals surface area (Å²) in [4.78, 5) is 2.52. The molecule has 1 fully saturated rings. The summed E-state index contributed by atoms with van der Waals surface area (Å²) in [5, 5.41) is 0. The van der Waals surface area contributed by atoms with Gasteiger partial charge in [-0.1, -0.05) is 24.3 Å². The van der Waals surface area contributed by atoms with Crippen molar-refractivity contribution in [2.75, 3.05) is 13.7 Å². The summed E-state index contributed by atoms with van der Waals surface area (Å²) in [5.41, 5.74) is 9.01. The molecule has 19 heavy (non-hydrogen) atoms. The largest absolute Gasteiger partial charge is 0.380 e. The predicted molar refractivity (Wildman–Crippen MR) is 78.9 cm³/mol. The number of likely N-dealkylation sites (tertiary alicyclic amines) is 1. The summed E-state index contributed by atoms with van der Waals surface area (Å²) in [7, 11) is 1.72. The zero-order valence-corrected chi connectivity index (χ0v) is 12.5. The molecule has 0 radical (unpaired) electrons. The van der Waals surface area contributed by atoms with Crippen molar-refractivity contribution in [3.05, 3.63) is 35.4 Å². The molecule has 0 spiro atoms. The van der Waals surface area contributed by atoms with Gasteiger partial charge >= 0.3 is 0 Å². The van der Waals surface area contributed by atoms with Gasteiger partial charge in [-0.05, 0) is 38.3 Å². The van der Waals surface area contributed by atoms with Crippen LogP contribution in [0.4, 0.5) is 0 Å². The van der Waals surface area contributed by atoms with Crippen LogP contribution in [-0.4, -0.2) is 30.1 Å². The third-order valence-electron chi connectivity index (χ3n) is 3.94. The van der Waals surface area contributed by atoms with Crippen molar-refractivity contribution in [2.24, 2.45) is 5.73 Å². The fourth-order valence-corrected chi connectivity index (χ4v) is 2.97. The maximum Gasteiger partial charge on any atom is 0.0713 e. The van der Waals surface area contributed by atoms with Crippen molar-refractivity contribution >= 4 is 0 Å². The molecule has 1 aliphatic heterocycles. The zero-order valence-electron chi connectivity index (χ0n) is 12.5. The zero-order chi connectivity index (χ0) is 14.0. The molecule has 3 nitrogen and oxygen atoms in total. The molecule has 2 atom stereocenters. The van der Waals surface area contributed by atoms with Crippen LogP contribution in [0.2, 0.25) is 0 Å². The van der Waals surface area contributed by atoms with Crippen LogP contribution in [0.25, 0.3) is 0 Å². The highest BCUT2D eigenvalue weighted by atomic mass is 16.5. The molecule has 1 heterocycles. The van der Waals surface area contributed by atoms with Crippen LogP contribution in [0.1, 0.15) is 44.4 Å². The van der Waals surface area contributed by atoms with E-state index in [0.717, 1.165) is 13.0 Å². The molecular weight excluding hydrogens is 236 g/mol. The standard InChI is InChI=1S/C16H26N2O/c1-16(2,3)18-10-9-14(17)15(18)13-7-5-12(6-8-13)11-19-4/h5-8,14-15H,9-11,17H2,1-4H3. The van der Waals surface area contributed by atoms with Gasteiger partial charge in [0.2, 0.25) is 0 Å². The number of nitrogens with zero attached hydrogens (tertiary/aromatic N) is 1. The summed E-state index contributed by atoms with van der Waals surface area (Å²) >= 11 is 0. The molecule has 0 amide bonds. The number of hydrogen-bond acceptors (Lipinski definition) is 3. The maximum atomic E-state index is 6.33. The normalized spacial score (nSPS) is 24.9. The summed E-state index contributed by atoms with van der Waals surface area (Å²) in [6, 6.07) is 9.24. The lowest BCUT2D eigenvalue weighted by Gasteiger charge is -2.38. The first kappa shape index (κ1) is 14.5. The van der Waals surface area contributed by atoms with Crippen LogP contribution in [0, 0.1) is 0 Å². The molecule has 0 aliphatic carbocycles. The Morgan fingerprint density at radius 2 is 1.89 bits per heavy atom. The van der Waals surface area contributed by atoms with Gasteiger partial charge in [-0.15, -0.1) is 0 Å². The summed E-state index contributed by atoms with van der Waals surface area (Å²) in [6.45, 7) is 8.53. The topological polar surface area (TPSA) is 38.5 Å². The Morgan fingerprint density at radius 1 is 1.26 bits per heavy atom. The van der Waals surface area contributed by atoms with Crippen molar-refractivity contribution in [1.82, 2.24) is 4.90 Å². The minimum Gasteiger partial charge on any atom is -0.380 e. The van der Waals surface area contributed by atoms with Gasteiger partial charge in [0.1, 0.15) is 0 Å². The number of ether oxygens (including phenoxy) is 1. The van der Waals surface area contributed by atoms with Crippen molar-refractivity contribution in [3.8, 4) is 0 Å². The molecule has 3 heteroatoms. The lowest BCUT2D eigenvalue weighted by Crippen LogP contribution is -2.43. The fourth-order valence-electron chi connectivity index (χ4n) is 2.97. The lowest BCUT2D eigenvalue weighted by molar-refractivity contribution is 0.117. The van der Waals surface area contributed by atoms with Gasteiger partial charge in [-0.2, -0.15) is 0 Å². The third-order valence-corrected chi connectivity index (χ3v) is 3.94. The first-order chi connectivity index (χ1) is 8.93. The first-order valence-corrected chi connectivity index (χ1v) is 7.03. The van der Waals surface area contributed by atoms with E-state index in [2.05, 4.69) is 49.9 Å². The minimum absolute atomic E-state index is 0.157. The molecule has 1 aliphatic rings. The van der Waals surface area contributed by atoms with E-state index in [-0.39, 0.29) is 11.6 Å². The van der Waals surface area contributed by atoms with E-state index >= 15 is 0 Å². The highest BCUT2D eigenvalue weighted by Gasteiger charge is 2.38. The molecule has 106 valence electrons. The van der Waals surface area contributed by atoms with Crippen molar-refractivity contribution < 1.29 is 4.74 Å². The summed E-state index contributed by atoms with van der Waals surface area (Å²) < 4.78 is 5.15. The number of methoxy groups -OCH3 is 1. The average molecular weight is 262 g/mol. The highest BCUT2D eigenvalue weighted by Crippen LogP contribution is 2.36. The second-order valence-corrected chi connectivity index (χ2v) is 6.44. The van der Waals surface area contributed by atoms with Crippen LogP contribution in [-0.2, 0) is 11.3 Å². The Morgan fingerprint density at radius 3 is 2.42 bits per heavy atom. The van der Waals surface area contributed by atoms with Gasteiger partial charge in [0.05, 0.1) is 12.6 Å². The van der Waals surface area contributed by atoms with E-state index in [0.29, 0.717) is 12.6 Å². The quantitative estimate of drug-likeness (QED) is 0.910.